The summed E-state index contributed by atoms with van der Waals surface area (Å²) in [6.45, 7) is 1.40. The van der Waals surface area contributed by atoms with Crippen LogP contribution in [-0.4, -0.2) is 44.5 Å². The number of hydrogen-bond donors (Lipinski definition) is 1. The number of halogens is 2. The number of pyridine rings is 1. The molecular weight excluding hydrogens is 366 g/mol. The summed E-state index contributed by atoms with van der Waals surface area (Å²) in [5, 5.41) is -0.0160. The van der Waals surface area contributed by atoms with Crippen LogP contribution in [0.3, 0.4) is 0 Å². The Morgan fingerprint density at radius 1 is 1.55 bits per heavy atom. The molecule has 2 heterocycles. The van der Waals surface area contributed by atoms with Gasteiger partial charge in [0.15, 0.2) is 0 Å². The maximum Gasteiger partial charge on any atom is 0.243 e. The highest BCUT2D eigenvalue weighted by Crippen LogP contribution is 2.23. The lowest BCUT2D eigenvalue weighted by atomic mass is 10.0. The highest BCUT2D eigenvalue weighted by Gasteiger charge is 2.24. The standard InChI is InChI=1S/C12H17BrClN3O2S/c1-17-5-3-2-4-10(17)8-16-20(18,19)11-6-9(13)7-15-12(11)14/h6-7,10,16H,2-5,8H2,1H3. The highest BCUT2D eigenvalue weighted by molar-refractivity contribution is 9.10. The van der Waals surface area contributed by atoms with E-state index in [-0.39, 0.29) is 16.1 Å². The fraction of sp³-hybridized carbons (Fsp3) is 0.583. The average Bonchev–Trinajstić information content (AvgIpc) is 2.40. The molecule has 1 saturated heterocycles. The number of aromatic nitrogens is 1. The van der Waals surface area contributed by atoms with E-state index in [4.69, 9.17) is 11.6 Å². The fourth-order valence-corrected chi connectivity index (χ4v) is 4.29. The van der Waals surface area contributed by atoms with Crippen molar-refractivity contribution in [2.75, 3.05) is 20.1 Å². The Morgan fingerprint density at radius 3 is 3.00 bits per heavy atom. The van der Waals surface area contributed by atoms with Gasteiger partial charge in [-0.3, -0.25) is 0 Å². The molecule has 0 amide bonds. The molecule has 0 aliphatic carbocycles. The Balaban J connectivity index is 2.09. The molecule has 8 heteroatoms. The Labute approximate surface area is 132 Å². The van der Waals surface area contributed by atoms with Gasteiger partial charge in [-0.2, -0.15) is 0 Å². The van der Waals surface area contributed by atoms with Gasteiger partial charge in [0, 0.05) is 23.3 Å². The van der Waals surface area contributed by atoms with Crippen LogP contribution in [0.25, 0.3) is 0 Å². The number of nitrogens with zero attached hydrogens (tertiary/aromatic N) is 2. The molecule has 0 bridgehead atoms. The Kier molecular flexibility index (Phi) is 5.42. The van der Waals surface area contributed by atoms with Crippen LogP contribution in [0.5, 0.6) is 0 Å². The van der Waals surface area contributed by atoms with Gasteiger partial charge in [0.05, 0.1) is 0 Å². The molecule has 1 fully saturated rings. The van der Waals surface area contributed by atoms with Crippen LogP contribution in [0.1, 0.15) is 19.3 Å². The third-order valence-electron chi connectivity index (χ3n) is 3.49. The molecule has 5 nitrogen and oxygen atoms in total. The smallest absolute Gasteiger partial charge is 0.243 e. The monoisotopic (exact) mass is 381 g/mol. The minimum Gasteiger partial charge on any atom is -0.302 e. The average molecular weight is 383 g/mol. The second kappa shape index (κ2) is 6.70. The molecule has 1 unspecified atom stereocenters. The van der Waals surface area contributed by atoms with Gasteiger partial charge in [0.25, 0.3) is 0 Å². The van der Waals surface area contributed by atoms with Crippen LogP contribution in [0.2, 0.25) is 5.15 Å². The fourth-order valence-electron chi connectivity index (χ4n) is 2.28. The zero-order valence-corrected chi connectivity index (χ0v) is 14.3. The third-order valence-corrected chi connectivity index (χ3v) is 5.78. The van der Waals surface area contributed by atoms with Gasteiger partial charge < -0.3 is 4.90 Å². The maximum absolute atomic E-state index is 12.3. The molecule has 0 saturated carbocycles. The van der Waals surface area contributed by atoms with Crippen molar-refractivity contribution >= 4 is 37.6 Å². The zero-order valence-electron chi connectivity index (χ0n) is 11.1. The number of sulfonamides is 1. The van der Waals surface area contributed by atoms with E-state index < -0.39 is 10.0 Å². The summed E-state index contributed by atoms with van der Waals surface area (Å²) in [4.78, 5) is 6.04. The highest BCUT2D eigenvalue weighted by atomic mass is 79.9. The van der Waals surface area contributed by atoms with Crippen LogP contribution in [-0.2, 0) is 10.0 Å². The van der Waals surface area contributed by atoms with Crippen LogP contribution < -0.4 is 4.72 Å². The summed E-state index contributed by atoms with van der Waals surface area (Å²) in [6, 6.07) is 1.69. The molecule has 1 atom stereocenters. The lowest BCUT2D eigenvalue weighted by molar-refractivity contribution is 0.187. The van der Waals surface area contributed by atoms with E-state index in [2.05, 4.69) is 30.5 Å². The number of piperidine rings is 1. The van der Waals surface area contributed by atoms with E-state index in [1.165, 1.54) is 18.7 Å². The number of likely N-dealkylation sites (tertiary alicyclic amines) is 1. The lowest BCUT2D eigenvalue weighted by Gasteiger charge is -2.32. The van der Waals surface area contributed by atoms with Gasteiger partial charge in [0.1, 0.15) is 10.0 Å². The molecule has 1 aliphatic rings. The van der Waals surface area contributed by atoms with Crippen molar-refractivity contribution in [3.63, 3.8) is 0 Å². The topological polar surface area (TPSA) is 62.3 Å². The van der Waals surface area contributed by atoms with Crippen LogP contribution in [0.15, 0.2) is 21.6 Å². The van der Waals surface area contributed by atoms with E-state index in [0.717, 1.165) is 19.4 Å². The minimum absolute atomic E-state index is 0.00649. The van der Waals surface area contributed by atoms with E-state index >= 15 is 0 Å². The predicted octanol–water partition coefficient (Wildman–Crippen LogP) is 2.26. The third kappa shape index (κ3) is 3.92. The van der Waals surface area contributed by atoms with Crippen molar-refractivity contribution in [2.24, 2.45) is 0 Å². The van der Waals surface area contributed by atoms with Crippen LogP contribution in [0.4, 0.5) is 0 Å². The molecule has 112 valence electrons. The van der Waals surface area contributed by atoms with Gasteiger partial charge in [0.2, 0.25) is 10.0 Å². The molecule has 20 heavy (non-hydrogen) atoms. The number of hydrogen-bond acceptors (Lipinski definition) is 4. The lowest BCUT2D eigenvalue weighted by Crippen LogP contribution is -2.44. The molecule has 1 aromatic rings. The van der Waals surface area contributed by atoms with Gasteiger partial charge in [-0.15, -0.1) is 0 Å². The second-order valence-corrected chi connectivity index (χ2v) is 7.93. The first-order valence-corrected chi connectivity index (χ1v) is 9.06. The Morgan fingerprint density at radius 2 is 2.30 bits per heavy atom. The van der Waals surface area contributed by atoms with E-state index in [0.29, 0.717) is 11.0 Å². The summed E-state index contributed by atoms with van der Waals surface area (Å²) in [7, 11) is -1.62. The normalized spacial score (nSPS) is 21.1. The first-order valence-electron chi connectivity index (χ1n) is 6.41. The Bertz CT molecular complexity index is 582. The first-order chi connectivity index (χ1) is 9.40. The summed E-state index contributed by atoms with van der Waals surface area (Å²) >= 11 is 9.07. The van der Waals surface area contributed by atoms with Gasteiger partial charge >= 0.3 is 0 Å². The first kappa shape index (κ1) is 16.2. The van der Waals surface area contributed by atoms with Crippen molar-refractivity contribution in [1.82, 2.24) is 14.6 Å². The molecule has 2 rings (SSSR count). The zero-order chi connectivity index (χ0) is 14.8. The van der Waals surface area contributed by atoms with Crippen molar-refractivity contribution in [1.29, 1.82) is 0 Å². The quantitative estimate of drug-likeness (QED) is 0.811. The van der Waals surface area contributed by atoms with E-state index in [1.807, 2.05) is 7.05 Å². The van der Waals surface area contributed by atoms with Crippen molar-refractivity contribution in [3.05, 3.63) is 21.9 Å². The molecular formula is C12H17BrClN3O2S. The number of likely N-dealkylation sites (N-methyl/N-ethyl adjacent to an activating group) is 1. The second-order valence-electron chi connectivity index (χ2n) is 4.92. The van der Waals surface area contributed by atoms with Gasteiger partial charge in [-0.25, -0.2) is 18.1 Å². The van der Waals surface area contributed by atoms with Crippen molar-refractivity contribution in [2.45, 2.75) is 30.2 Å². The molecule has 1 N–H and O–H groups in total. The molecule has 1 aliphatic heterocycles. The maximum atomic E-state index is 12.3. The molecule has 0 aromatic carbocycles. The molecule has 0 spiro atoms. The van der Waals surface area contributed by atoms with Crippen LogP contribution >= 0.6 is 27.5 Å². The molecule has 1 aromatic heterocycles. The van der Waals surface area contributed by atoms with E-state index in [1.54, 1.807) is 0 Å². The number of nitrogens with one attached hydrogen (secondary N) is 1. The van der Waals surface area contributed by atoms with Crippen LogP contribution in [0, 0.1) is 0 Å². The minimum atomic E-state index is -3.64. The largest absolute Gasteiger partial charge is 0.302 e. The van der Waals surface area contributed by atoms with Gasteiger partial charge in [-0.05, 0) is 48.4 Å². The summed E-state index contributed by atoms with van der Waals surface area (Å²) in [6.07, 6.45) is 4.77. The Hall–Kier alpha value is -0.210. The van der Waals surface area contributed by atoms with Crippen molar-refractivity contribution in [3.8, 4) is 0 Å². The van der Waals surface area contributed by atoms with Crippen molar-refractivity contribution < 1.29 is 8.42 Å². The SMILES string of the molecule is CN1CCCCC1CNS(=O)(=O)c1cc(Br)cnc1Cl. The van der Waals surface area contributed by atoms with E-state index in [9.17, 15) is 8.42 Å². The summed E-state index contributed by atoms with van der Waals surface area (Å²) < 4.78 is 27.8. The summed E-state index contributed by atoms with van der Waals surface area (Å²) in [5.74, 6) is 0. The molecule has 0 radical (unpaired) electrons. The summed E-state index contributed by atoms with van der Waals surface area (Å²) in [5.41, 5.74) is 0. The predicted molar refractivity (Wildman–Crippen MR) is 82.4 cm³/mol. The number of rotatable bonds is 4. The van der Waals surface area contributed by atoms with Gasteiger partial charge in [-0.1, -0.05) is 18.0 Å².